The van der Waals surface area contributed by atoms with E-state index in [4.69, 9.17) is 9.47 Å². The maximum atomic E-state index is 12.8. The second-order valence-corrected chi connectivity index (χ2v) is 12.1. The van der Waals surface area contributed by atoms with Crippen LogP contribution in [0.1, 0.15) is 55.9 Å². The molecule has 4 rings (SSSR count). The number of amides is 1. The molecule has 8 nitrogen and oxygen atoms in total. The van der Waals surface area contributed by atoms with Gasteiger partial charge in [0.2, 0.25) is 5.91 Å². The molecular formula is C27H33N5O3S2. The average Bonchev–Trinajstić information content (AvgIpc) is 3.44. The zero-order chi connectivity index (χ0) is 26.6. The number of carbonyl (C=O) groups is 1. The number of anilines is 1. The Morgan fingerprint density at radius 3 is 2.73 bits per heavy atom. The molecule has 1 aliphatic rings. The third-order valence-corrected chi connectivity index (χ3v) is 8.86. The lowest BCUT2D eigenvalue weighted by Gasteiger charge is -2.33. The fraction of sp³-hybridized carbons (Fsp3) is 0.481. The summed E-state index contributed by atoms with van der Waals surface area (Å²) < 4.78 is 13.2. The van der Waals surface area contributed by atoms with Crippen LogP contribution in [0.25, 0.3) is 0 Å². The minimum absolute atomic E-state index is 0.162. The number of nitrogens with zero attached hydrogens (tertiary/aromatic N) is 4. The molecule has 0 aliphatic heterocycles. The molecule has 0 saturated heterocycles. The molecule has 196 valence electrons. The van der Waals surface area contributed by atoms with Crippen LogP contribution in [0, 0.1) is 22.7 Å². The van der Waals surface area contributed by atoms with Crippen molar-refractivity contribution >= 4 is 34.0 Å². The Bertz CT molecular complexity index is 1300. The van der Waals surface area contributed by atoms with E-state index >= 15 is 0 Å². The predicted octanol–water partition coefficient (Wildman–Crippen LogP) is 5.70. The number of ether oxygens (including phenoxy) is 2. The van der Waals surface area contributed by atoms with Crippen molar-refractivity contribution in [3.8, 4) is 17.6 Å². The first kappa shape index (κ1) is 27.0. The fourth-order valence-corrected chi connectivity index (χ4v) is 6.67. The first-order valence-corrected chi connectivity index (χ1v) is 14.2. The highest BCUT2D eigenvalue weighted by Gasteiger charge is 2.32. The van der Waals surface area contributed by atoms with Crippen molar-refractivity contribution in [1.29, 1.82) is 5.26 Å². The number of para-hydroxylation sites is 2. The number of hydrogen-bond acceptors (Lipinski definition) is 8. The number of aromatic nitrogens is 3. The van der Waals surface area contributed by atoms with E-state index in [1.54, 1.807) is 18.4 Å². The summed E-state index contributed by atoms with van der Waals surface area (Å²) in [5.74, 6) is 2.53. The summed E-state index contributed by atoms with van der Waals surface area (Å²) in [4.78, 5) is 14.1. The highest BCUT2D eigenvalue weighted by molar-refractivity contribution is 7.99. The van der Waals surface area contributed by atoms with Crippen molar-refractivity contribution in [3.63, 3.8) is 0 Å². The number of methoxy groups -OCH3 is 1. The number of nitriles is 1. The number of carbonyl (C=O) groups excluding carboxylic acids is 1. The Labute approximate surface area is 226 Å². The predicted molar refractivity (Wildman–Crippen MR) is 146 cm³/mol. The molecule has 10 heteroatoms. The van der Waals surface area contributed by atoms with Crippen LogP contribution in [-0.4, -0.2) is 33.5 Å². The van der Waals surface area contributed by atoms with E-state index in [9.17, 15) is 10.1 Å². The first-order valence-electron chi connectivity index (χ1n) is 12.4. The van der Waals surface area contributed by atoms with Gasteiger partial charge < -0.3 is 19.4 Å². The zero-order valence-corrected chi connectivity index (χ0v) is 23.6. The smallest absolute Gasteiger partial charge is 0.235 e. The van der Waals surface area contributed by atoms with Crippen LogP contribution in [0.2, 0.25) is 0 Å². The van der Waals surface area contributed by atoms with Gasteiger partial charge in [-0.1, -0.05) is 44.7 Å². The quantitative estimate of drug-likeness (QED) is 0.348. The van der Waals surface area contributed by atoms with E-state index in [0.29, 0.717) is 45.5 Å². The molecule has 1 N–H and O–H groups in total. The lowest BCUT2D eigenvalue weighted by Crippen LogP contribution is -2.26. The number of rotatable bonds is 9. The van der Waals surface area contributed by atoms with Crippen LogP contribution in [0.4, 0.5) is 5.00 Å². The second kappa shape index (κ2) is 11.6. The largest absolute Gasteiger partial charge is 0.493 e. The average molecular weight is 540 g/mol. The van der Waals surface area contributed by atoms with Crippen LogP contribution >= 0.6 is 23.1 Å². The molecule has 2 heterocycles. The minimum Gasteiger partial charge on any atom is -0.493 e. The summed E-state index contributed by atoms with van der Waals surface area (Å²) in [6.45, 7) is 9.69. The molecule has 0 radical (unpaired) electrons. The number of hydrogen-bond donors (Lipinski definition) is 1. The Hall–Kier alpha value is -3.03. The molecule has 37 heavy (non-hydrogen) atoms. The number of nitrogens with one attached hydrogen (secondary N) is 1. The monoisotopic (exact) mass is 539 g/mol. The van der Waals surface area contributed by atoms with Gasteiger partial charge in [0.15, 0.2) is 22.5 Å². The highest BCUT2D eigenvalue weighted by Crippen LogP contribution is 2.44. The molecule has 0 spiro atoms. The fourth-order valence-electron chi connectivity index (χ4n) is 4.55. The Kier molecular flexibility index (Phi) is 8.45. The maximum Gasteiger partial charge on any atom is 0.235 e. The SMILES string of the molecule is CCn1c(COc2ccccc2OC)nnc1SCC(=O)Nc1sc2c(c1C#N)CC[C@@H](C(C)(C)C)C2. The van der Waals surface area contributed by atoms with Gasteiger partial charge in [-0.3, -0.25) is 4.79 Å². The standard InChI is InChI=1S/C27H33N5O3S2/c1-6-32-23(15-35-21-10-8-7-9-20(21)34-5)30-31-26(32)36-16-24(33)29-25-19(14-28)18-12-11-17(27(2,3)4)13-22(18)37-25/h7-10,17H,6,11-13,15-16H2,1-5H3,(H,29,33)/t17-/m1/s1. The van der Waals surface area contributed by atoms with Gasteiger partial charge in [0, 0.05) is 11.4 Å². The van der Waals surface area contributed by atoms with Crippen LogP contribution in [0.15, 0.2) is 29.4 Å². The number of thiophene rings is 1. The molecule has 2 aromatic heterocycles. The van der Waals surface area contributed by atoms with Crippen LogP contribution in [0.5, 0.6) is 11.5 Å². The summed E-state index contributed by atoms with van der Waals surface area (Å²) in [6.07, 6.45) is 2.92. The highest BCUT2D eigenvalue weighted by atomic mass is 32.2. The van der Waals surface area contributed by atoms with Gasteiger partial charge in [-0.2, -0.15) is 5.26 Å². The summed E-state index contributed by atoms with van der Waals surface area (Å²) in [5.41, 5.74) is 1.96. The van der Waals surface area contributed by atoms with Gasteiger partial charge >= 0.3 is 0 Å². The van der Waals surface area contributed by atoms with Crippen molar-refractivity contribution in [2.75, 3.05) is 18.2 Å². The van der Waals surface area contributed by atoms with Crippen LogP contribution < -0.4 is 14.8 Å². The summed E-state index contributed by atoms with van der Waals surface area (Å²) in [7, 11) is 1.60. The molecule has 1 aromatic carbocycles. The van der Waals surface area contributed by atoms with E-state index in [1.165, 1.54) is 16.6 Å². The van der Waals surface area contributed by atoms with E-state index in [-0.39, 0.29) is 23.7 Å². The Balaban J connectivity index is 1.39. The van der Waals surface area contributed by atoms with Crippen molar-refractivity contribution in [1.82, 2.24) is 14.8 Å². The van der Waals surface area contributed by atoms with Crippen molar-refractivity contribution < 1.29 is 14.3 Å². The molecule has 0 saturated carbocycles. The summed E-state index contributed by atoms with van der Waals surface area (Å²) >= 11 is 2.87. The van der Waals surface area contributed by atoms with Gasteiger partial charge in [0.05, 0.1) is 18.4 Å². The zero-order valence-electron chi connectivity index (χ0n) is 22.0. The van der Waals surface area contributed by atoms with E-state index < -0.39 is 0 Å². The van der Waals surface area contributed by atoms with E-state index in [1.807, 2.05) is 35.8 Å². The van der Waals surface area contributed by atoms with Gasteiger partial charge in [0.1, 0.15) is 17.7 Å². The lowest BCUT2D eigenvalue weighted by atomic mass is 9.72. The van der Waals surface area contributed by atoms with Crippen molar-refractivity contribution in [2.24, 2.45) is 11.3 Å². The minimum atomic E-state index is -0.162. The van der Waals surface area contributed by atoms with E-state index in [2.05, 4.69) is 42.4 Å². The number of benzene rings is 1. The normalized spacial score (nSPS) is 15.1. The van der Waals surface area contributed by atoms with E-state index in [0.717, 1.165) is 24.8 Å². The maximum absolute atomic E-state index is 12.8. The second-order valence-electron chi connectivity index (χ2n) is 10.0. The molecule has 3 aromatic rings. The first-order chi connectivity index (χ1) is 17.7. The number of fused-ring (bicyclic) bond motifs is 1. The Morgan fingerprint density at radius 2 is 2.05 bits per heavy atom. The lowest BCUT2D eigenvalue weighted by molar-refractivity contribution is -0.113. The summed E-state index contributed by atoms with van der Waals surface area (Å²) in [5, 5.41) is 22.6. The van der Waals surface area contributed by atoms with Gasteiger partial charge in [-0.25, -0.2) is 0 Å². The molecule has 1 aliphatic carbocycles. The Morgan fingerprint density at radius 1 is 1.30 bits per heavy atom. The van der Waals surface area contributed by atoms with Gasteiger partial charge in [-0.15, -0.1) is 21.5 Å². The molecule has 0 unspecified atom stereocenters. The molecule has 1 atom stereocenters. The van der Waals surface area contributed by atoms with Crippen molar-refractivity contribution in [3.05, 3.63) is 46.1 Å². The molecule has 1 amide bonds. The molecular weight excluding hydrogens is 506 g/mol. The van der Waals surface area contributed by atoms with Crippen LogP contribution in [0.3, 0.4) is 0 Å². The van der Waals surface area contributed by atoms with Crippen LogP contribution in [-0.2, 0) is 30.8 Å². The van der Waals surface area contributed by atoms with Gasteiger partial charge in [0.25, 0.3) is 0 Å². The topological polar surface area (TPSA) is 102 Å². The summed E-state index contributed by atoms with van der Waals surface area (Å²) in [6, 6.07) is 9.78. The molecule has 0 fully saturated rings. The van der Waals surface area contributed by atoms with Gasteiger partial charge in [-0.05, 0) is 55.2 Å². The number of thioether (sulfide) groups is 1. The molecule has 0 bridgehead atoms. The van der Waals surface area contributed by atoms with Crippen molar-refractivity contribution in [2.45, 2.75) is 65.3 Å². The third kappa shape index (κ3) is 6.11. The third-order valence-electron chi connectivity index (χ3n) is 6.72.